The molecule has 0 aliphatic carbocycles. The standard InChI is InChI=1S/C21H21N7OS/c1-14-22-8-11-28(14)19-12-18(23-13-24-19)27-9-6-15(7-10-27)20(29)26-21-25-16-4-2-3-5-17(16)30-21/h2-5,8,11-13,15H,6-7,9-10H2,1H3,(H,25,26,29). The molecule has 1 amide bonds. The Kier molecular flexibility index (Phi) is 4.88. The minimum Gasteiger partial charge on any atom is -0.356 e. The molecule has 5 rings (SSSR count). The lowest BCUT2D eigenvalue weighted by Gasteiger charge is -2.32. The zero-order valence-corrected chi connectivity index (χ0v) is 17.3. The second kappa shape index (κ2) is 7.83. The van der Waals surface area contributed by atoms with Gasteiger partial charge < -0.3 is 10.2 Å². The maximum absolute atomic E-state index is 12.7. The summed E-state index contributed by atoms with van der Waals surface area (Å²) in [7, 11) is 0. The molecule has 4 heterocycles. The van der Waals surface area contributed by atoms with Crippen molar-refractivity contribution in [3.63, 3.8) is 0 Å². The lowest BCUT2D eigenvalue weighted by atomic mass is 9.96. The highest BCUT2D eigenvalue weighted by Gasteiger charge is 2.26. The largest absolute Gasteiger partial charge is 0.356 e. The van der Waals surface area contributed by atoms with Crippen molar-refractivity contribution in [3.8, 4) is 5.82 Å². The van der Waals surface area contributed by atoms with Crippen LogP contribution in [-0.2, 0) is 4.79 Å². The van der Waals surface area contributed by atoms with Crippen LogP contribution in [0.4, 0.5) is 10.9 Å². The highest BCUT2D eigenvalue weighted by atomic mass is 32.1. The van der Waals surface area contributed by atoms with E-state index in [1.165, 1.54) is 11.3 Å². The van der Waals surface area contributed by atoms with Crippen LogP contribution in [0.3, 0.4) is 0 Å². The van der Waals surface area contributed by atoms with Gasteiger partial charge in [0.05, 0.1) is 10.2 Å². The number of fused-ring (bicyclic) bond motifs is 1. The van der Waals surface area contributed by atoms with Crippen LogP contribution in [0.2, 0.25) is 0 Å². The van der Waals surface area contributed by atoms with Crippen molar-refractivity contribution in [1.82, 2.24) is 24.5 Å². The Morgan fingerprint density at radius 3 is 2.70 bits per heavy atom. The van der Waals surface area contributed by atoms with Crippen LogP contribution in [0, 0.1) is 12.8 Å². The molecule has 8 nitrogen and oxygen atoms in total. The van der Waals surface area contributed by atoms with Crippen LogP contribution < -0.4 is 10.2 Å². The monoisotopic (exact) mass is 419 g/mol. The molecule has 0 radical (unpaired) electrons. The summed E-state index contributed by atoms with van der Waals surface area (Å²) in [5.74, 6) is 2.57. The fraction of sp³-hybridized carbons (Fsp3) is 0.286. The van der Waals surface area contributed by atoms with Gasteiger partial charge >= 0.3 is 0 Å². The number of carbonyl (C=O) groups is 1. The third kappa shape index (κ3) is 3.63. The number of hydrogen-bond donors (Lipinski definition) is 1. The van der Waals surface area contributed by atoms with E-state index in [1.54, 1.807) is 12.5 Å². The van der Waals surface area contributed by atoms with Gasteiger partial charge in [-0.3, -0.25) is 9.36 Å². The molecule has 4 aromatic rings. The Hall–Kier alpha value is -3.33. The van der Waals surface area contributed by atoms with Gasteiger partial charge in [0.1, 0.15) is 23.8 Å². The van der Waals surface area contributed by atoms with E-state index in [9.17, 15) is 4.79 Å². The van der Waals surface area contributed by atoms with Gasteiger partial charge in [-0.25, -0.2) is 19.9 Å². The Balaban J connectivity index is 1.23. The van der Waals surface area contributed by atoms with Crippen LogP contribution in [0.25, 0.3) is 16.0 Å². The summed E-state index contributed by atoms with van der Waals surface area (Å²) >= 11 is 1.51. The van der Waals surface area contributed by atoms with Crippen LogP contribution in [0.15, 0.2) is 49.1 Å². The molecule has 9 heteroatoms. The minimum atomic E-state index is -0.0227. The smallest absolute Gasteiger partial charge is 0.229 e. The SMILES string of the molecule is Cc1nccn1-c1cc(N2CCC(C(=O)Nc3nc4ccccc4s3)CC2)ncn1. The molecule has 1 saturated heterocycles. The first-order valence-electron chi connectivity index (χ1n) is 9.91. The summed E-state index contributed by atoms with van der Waals surface area (Å²) in [6.45, 7) is 3.49. The highest BCUT2D eigenvalue weighted by molar-refractivity contribution is 7.22. The molecule has 0 spiro atoms. The molecular weight excluding hydrogens is 398 g/mol. The third-order valence-electron chi connectivity index (χ3n) is 5.42. The first-order valence-corrected chi connectivity index (χ1v) is 10.7. The molecular formula is C21H21N7OS. The van der Waals surface area contributed by atoms with E-state index in [4.69, 9.17) is 0 Å². The average molecular weight is 420 g/mol. The van der Waals surface area contributed by atoms with Gasteiger partial charge in [0, 0.05) is 37.5 Å². The third-order valence-corrected chi connectivity index (χ3v) is 6.38. The fourth-order valence-corrected chi connectivity index (χ4v) is 4.63. The van der Waals surface area contributed by atoms with Crippen molar-refractivity contribution in [3.05, 3.63) is 54.9 Å². The molecule has 152 valence electrons. The summed E-state index contributed by atoms with van der Waals surface area (Å²) in [4.78, 5) is 32.5. The lowest BCUT2D eigenvalue weighted by Crippen LogP contribution is -2.38. The van der Waals surface area contributed by atoms with E-state index >= 15 is 0 Å². The number of carbonyl (C=O) groups excluding carboxylic acids is 1. The van der Waals surface area contributed by atoms with Gasteiger partial charge in [0.15, 0.2) is 5.13 Å². The Bertz CT molecular complexity index is 1160. The molecule has 0 unspecified atom stereocenters. The summed E-state index contributed by atoms with van der Waals surface area (Å²) < 4.78 is 3.01. The van der Waals surface area contributed by atoms with E-state index in [0.717, 1.165) is 53.6 Å². The predicted molar refractivity (Wildman–Crippen MR) is 117 cm³/mol. The molecule has 0 saturated carbocycles. The first-order chi connectivity index (χ1) is 14.7. The van der Waals surface area contributed by atoms with Crippen LogP contribution in [-0.4, -0.2) is 43.5 Å². The van der Waals surface area contributed by atoms with Gasteiger partial charge in [0.2, 0.25) is 5.91 Å². The molecule has 0 bridgehead atoms. The van der Waals surface area contributed by atoms with Crippen molar-refractivity contribution >= 4 is 38.4 Å². The molecule has 1 fully saturated rings. The molecule has 0 atom stereocenters. The number of piperidine rings is 1. The summed E-state index contributed by atoms with van der Waals surface area (Å²) in [5.41, 5.74) is 0.917. The normalized spacial score (nSPS) is 14.9. The Morgan fingerprint density at radius 2 is 1.93 bits per heavy atom. The quantitative estimate of drug-likeness (QED) is 0.545. The van der Waals surface area contributed by atoms with Gasteiger partial charge in [-0.1, -0.05) is 23.5 Å². The maximum Gasteiger partial charge on any atom is 0.229 e. The van der Waals surface area contributed by atoms with Crippen LogP contribution in [0.1, 0.15) is 18.7 Å². The number of rotatable bonds is 4. The summed E-state index contributed by atoms with van der Waals surface area (Å²) in [5, 5.41) is 3.67. The number of thiazole rings is 1. The number of benzene rings is 1. The number of aromatic nitrogens is 5. The summed E-state index contributed by atoms with van der Waals surface area (Å²) in [6, 6.07) is 9.88. The number of anilines is 2. The molecule has 1 aromatic carbocycles. The number of amides is 1. The van der Waals surface area contributed by atoms with E-state index in [1.807, 2.05) is 48.0 Å². The zero-order valence-electron chi connectivity index (χ0n) is 16.5. The molecule has 3 aromatic heterocycles. The second-order valence-corrected chi connectivity index (χ2v) is 8.35. The minimum absolute atomic E-state index is 0.0227. The average Bonchev–Trinajstić information content (AvgIpc) is 3.39. The van der Waals surface area contributed by atoms with Gasteiger partial charge in [-0.15, -0.1) is 0 Å². The number of para-hydroxylation sites is 1. The van der Waals surface area contributed by atoms with Crippen molar-refractivity contribution in [2.75, 3.05) is 23.3 Å². The van der Waals surface area contributed by atoms with E-state index in [0.29, 0.717) is 5.13 Å². The molecule has 30 heavy (non-hydrogen) atoms. The summed E-state index contributed by atoms with van der Waals surface area (Å²) in [6.07, 6.45) is 6.78. The Labute approximate surface area is 177 Å². The maximum atomic E-state index is 12.7. The van der Waals surface area contributed by atoms with E-state index < -0.39 is 0 Å². The van der Waals surface area contributed by atoms with Crippen molar-refractivity contribution in [2.24, 2.45) is 5.92 Å². The van der Waals surface area contributed by atoms with Gasteiger partial charge in [0.25, 0.3) is 0 Å². The molecule has 1 aliphatic heterocycles. The zero-order chi connectivity index (χ0) is 20.5. The fourth-order valence-electron chi connectivity index (χ4n) is 3.77. The van der Waals surface area contributed by atoms with E-state index in [-0.39, 0.29) is 11.8 Å². The highest BCUT2D eigenvalue weighted by Crippen LogP contribution is 2.28. The predicted octanol–water partition coefficient (Wildman–Crippen LogP) is 3.44. The topological polar surface area (TPSA) is 88.8 Å². The number of nitrogens with zero attached hydrogens (tertiary/aromatic N) is 6. The molecule has 1 N–H and O–H groups in total. The Morgan fingerprint density at radius 1 is 1.13 bits per heavy atom. The lowest BCUT2D eigenvalue weighted by molar-refractivity contribution is -0.120. The van der Waals surface area contributed by atoms with Crippen molar-refractivity contribution in [2.45, 2.75) is 19.8 Å². The number of aryl methyl sites for hydroxylation is 1. The first kappa shape index (κ1) is 18.7. The van der Waals surface area contributed by atoms with Crippen LogP contribution >= 0.6 is 11.3 Å². The van der Waals surface area contributed by atoms with Crippen molar-refractivity contribution < 1.29 is 4.79 Å². The van der Waals surface area contributed by atoms with Crippen molar-refractivity contribution in [1.29, 1.82) is 0 Å². The van der Waals surface area contributed by atoms with Crippen LogP contribution in [0.5, 0.6) is 0 Å². The number of imidazole rings is 1. The number of nitrogens with one attached hydrogen (secondary N) is 1. The van der Waals surface area contributed by atoms with E-state index in [2.05, 4.69) is 30.2 Å². The number of hydrogen-bond acceptors (Lipinski definition) is 7. The van der Waals surface area contributed by atoms with Gasteiger partial charge in [-0.05, 0) is 31.9 Å². The second-order valence-electron chi connectivity index (χ2n) is 7.32. The van der Waals surface area contributed by atoms with Gasteiger partial charge in [-0.2, -0.15) is 0 Å². The molecule has 1 aliphatic rings.